The molecule has 0 heterocycles. The molecule has 1 atom stereocenters. The van der Waals surface area contributed by atoms with Gasteiger partial charge in [-0.2, -0.15) is 0 Å². The van der Waals surface area contributed by atoms with Crippen LogP contribution in [0.15, 0.2) is 0 Å². The molecule has 0 aromatic rings. The molecule has 0 fully saturated rings. The van der Waals surface area contributed by atoms with E-state index in [0.29, 0.717) is 11.7 Å². The molecule has 86 valence electrons. The van der Waals surface area contributed by atoms with Crippen LogP contribution < -0.4 is 5.32 Å². The van der Waals surface area contributed by atoms with Crippen molar-refractivity contribution < 1.29 is 8.42 Å². The average molecular weight is 221 g/mol. The fourth-order valence-corrected chi connectivity index (χ4v) is 2.24. The lowest BCUT2D eigenvalue weighted by Gasteiger charge is -2.10. The van der Waals surface area contributed by atoms with Crippen molar-refractivity contribution in [2.24, 2.45) is 5.92 Å². The van der Waals surface area contributed by atoms with Crippen LogP contribution in [-0.2, 0) is 9.84 Å². The van der Waals surface area contributed by atoms with Crippen molar-refractivity contribution in [3.63, 3.8) is 0 Å². The highest BCUT2D eigenvalue weighted by Gasteiger charge is 2.10. The SMILES string of the molecule is CCNCCC(C)CCS(=O)(=O)CC. The van der Waals surface area contributed by atoms with Gasteiger partial charge in [0.1, 0.15) is 9.84 Å². The Morgan fingerprint density at radius 1 is 1.21 bits per heavy atom. The van der Waals surface area contributed by atoms with Crippen LogP contribution >= 0.6 is 0 Å². The van der Waals surface area contributed by atoms with E-state index in [-0.39, 0.29) is 5.75 Å². The summed E-state index contributed by atoms with van der Waals surface area (Å²) in [5, 5.41) is 3.24. The van der Waals surface area contributed by atoms with Gasteiger partial charge in [0.2, 0.25) is 0 Å². The highest BCUT2D eigenvalue weighted by Crippen LogP contribution is 2.08. The summed E-state index contributed by atoms with van der Waals surface area (Å²) in [5.41, 5.74) is 0. The van der Waals surface area contributed by atoms with E-state index >= 15 is 0 Å². The number of rotatable bonds is 8. The lowest BCUT2D eigenvalue weighted by molar-refractivity contribution is 0.489. The molecule has 0 aromatic heterocycles. The van der Waals surface area contributed by atoms with Crippen molar-refractivity contribution in [3.8, 4) is 0 Å². The molecule has 14 heavy (non-hydrogen) atoms. The third-order valence-corrected chi connectivity index (χ3v) is 4.16. The first-order chi connectivity index (χ1) is 6.52. The van der Waals surface area contributed by atoms with Gasteiger partial charge in [0.25, 0.3) is 0 Å². The summed E-state index contributed by atoms with van der Waals surface area (Å²) in [6.45, 7) is 7.87. The Morgan fingerprint density at radius 2 is 1.86 bits per heavy atom. The Balaban J connectivity index is 3.58. The van der Waals surface area contributed by atoms with Gasteiger partial charge in [-0.1, -0.05) is 20.8 Å². The molecule has 0 aliphatic heterocycles. The zero-order valence-electron chi connectivity index (χ0n) is 9.54. The fraction of sp³-hybridized carbons (Fsp3) is 1.00. The van der Waals surface area contributed by atoms with Crippen LogP contribution in [0.1, 0.15) is 33.6 Å². The Hall–Kier alpha value is -0.0900. The van der Waals surface area contributed by atoms with Crippen LogP contribution in [0.4, 0.5) is 0 Å². The predicted molar refractivity (Wildman–Crippen MR) is 61.3 cm³/mol. The third kappa shape index (κ3) is 7.33. The number of sulfone groups is 1. The normalized spacial score (nSPS) is 14.2. The Labute approximate surface area is 88.2 Å². The van der Waals surface area contributed by atoms with Gasteiger partial charge in [-0.15, -0.1) is 0 Å². The number of hydrogen-bond donors (Lipinski definition) is 1. The lowest BCUT2D eigenvalue weighted by Crippen LogP contribution is -2.18. The molecule has 0 rings (SSSR count). The van der Waals surface area contributed by atoms with Gasteiger partial charge >= 0.3 is 0 Å². The lowest BCUT2D eigenvalue weighted by atomic mass is 10.1. The Kier molecular flexibility index (Phi) is 7.19. The summed E-state index contributed by atoms with van der Waals surface area (Å²) in [6.07, 6.45) is 1.86. The largest absolute Gasteiger partial charge is 0.317 e. The second-order valence-corrected chi connectivity index (χ2v) is 6.25. The molecule has 0 radical (unpaired) electrons. The molecule has 0 aromatic carbocycles. The molecule has 0 saturated carbocycles. The molecule has 1 unspecified atom stereocenters. The van der Waals surface area contributed by atoms with E-state index in [1.165, 1.54) is 0 Å². The second kappa shape index (κ2) is 7.23. The summed E-state index contributed by atoms with van der Waals surface area (Å²) in [4.78, 5) is 0. The molecule has 0 aliphatic rings. The highest BCUT2D eigenvalue weighted by molar-refractivity contribution is 7.91. The molecule has 0 spiro atoms. The van der Waals surface area contributed by atoms with E-state index in [1.54, 1.807) is 6.92 Å². The van der Waals surface area contributed by atoms with Crippen LogP contribution in [-0.4, -0.2) is 33.0 Å². The molecular weight excluding hydrogens is 198 g/mol. The molecule has 0 bridgehead atoms. The quantitative estimate of drug-likeness (QED) is 0.631. The first kappa shape index (κ1) is 13.9. The van der Waals surface area contributed by atoms with E-state index in [2.05, 4.69) is 19.2 Å². The van der Waals surface area contributed by atoms with Crippen molar-refractivity contribution in [2.45, 2.75) is 33.6 Å². The van der Waals surface area contributed by atoms with Crippen LogP contribution in [0.25, 0.3) is 0 Å². The minimum atomic E-state index is -2.77. The van der Waals surface area contributed by atoms with Gasteiger partial charge in [0.05, 0.1) is 5.75 Å². The summed E-state index contributed by atoms with van der Waals surface area (Å²) >= 11 is 0. The van der Waals surface area contributed by atoms with Gasteiger partial charge in [-0.05, 0) is 31.8 Å². The molecule has 1 N–H and O–H groups in total. The minimum absolute atomic E-state index is 0.271. The van der Waals surface area contributed by atoms with Crippen LogP contribution in [0, 0.1) is 5.92 Å². The maximum Gasteiger partial charge on any atom is 0.150 e. The van der Waals surface area contributed by atoms with Crippen molar-refractivity contribution >= 4 is 9.84 Å². The standard InChI is InChI=1S/C10H23NO2S/c1-4-11-8-6-10(3)7-9-14(12,13)5-2/h10-11H,4-9H2,1-3H3. The van der Waals surface area contributed by atoms with E-state index in [4.69, 9.17) is 0 Å². The second-order valence-electron chi connectivity index (χ2n) is 3.77. The molecule has 3 nitrogen and oxygen atoms in total. The topological polar surface area (TPSA) is 46.2 Å². The smallest absolute Gasteiger partial charge is 0.150 e. The van der Waals surface area contributed by atoms with Crippen molar-refractivity contribution in [3.05, 3.63) is 0 Å². The fourth-order valence-electron chi connectivity index (χ4n) is 1.19. The molecule has 0 aliphatic carbocycles. The molecule has 0 saturated heterocycles. The van der Waals surface area contributed by atoms with Gasteiger partial charge in [-0.3, -0.25) is 0 Å². The molecule has 4 heteroatoms. The minimum Gasteiger partial charge on any atom is -0.317 e. The number of hydrogen-bond acceptors (Lipinski definition) is 3. The summed E-state index contributed by atoms with van der Waals surface area (Å²) < 4.78 is 22.4. The maximum atomic E-state index is 11.2. The van der Waals surface area contributed by atoms with Gasteiger partial charge in [-0.25, -0.2) is 8.42 Å². The predicted octanol–water partition coefficient (Wildman–Crippen LogP) is 1.45. The van der Waals surface area contributed by atoms with Crippen LogP contribution in [0.3, 0.4) is 0 Å². The summed E-state index contributed by atoms with van der Waals surface area (Å²) in [5.74, 6) is 1.11. The Bertz CT molecular complexity index is 224. The van der Waals surface area contributed by atoms with Crippen LogP contribution in [0.2, 0.25) is 0 Å². The molecular formula is C10H23NO2S. The summed E-state index contributed by atoms with van der Waals surface area (Å²) in [6, 6.07) is 0. The maximum absolute atomic E-state index is 11.2. The van der Waals surface area contributed by atoms with Crippen molar-refractivity contribution in [2.75, 3.05) is 24.6 Å². The Morgan fingerprint density at radius 3 is 2.36 bits per heavy atom. The van der Waals surface area contributed by atoms with Crippen molar-refractivity contribution in [1.29, 1.82) is 0 Å². The summed E-state index contributed by atoms with van der Waals surface area (Å²) in [7, 11) is -2.77. The molecule has 0 amide bonds. The first-order valence-electron chi connectivity index (χ1n) is 5.43. The van der Waals surface area contributed by atoms with E-state index in [1.807, 2.05) is 0 Å². The monoisotopic (exact) mass is 221 g/mol. The zero-order valence-corrected chi connectivity index (χ0v) is 10.4. The number of nitrogens with one attached hydrogen (secondary N) is 1. The zero-order chi connectivity index (χ0) is 11.0. The van der Waals surface area contributed by atoms with E-state index in [0.717, 1.165) is 25.9 Å². The average Bonchev–Trinajstić information content (AvgIpc) is 2.16. The van der Waals surface area contributed by atoms with Gasteiger partial charge in [0, 0.05) is 5.75 Å². The third-order valence-electron chi connectivity index (χ3n) is 2.43. The van der Waals surface area contributed by atoms with E-state index < -0.39 is 9.84 Å². The first-order valence-corrected chi connectivity index (χ1v) is 7.25. The highest BCUT2D eigenvalue weighted by atomic mass is 32.2. The van der Waals surface area contributed by atoms with Gasteiger partial charge < -0.3 is 5.32 Å². The van der Waals surface area contributed by atoms with E-state index in [9.17, 15) is 8.42 Å². The van der Waals surface area contributed by atoms with Gasteiger partial charge in [0.15, 0.2) is 0 Å². The van der Waals surface area contributed by atoms with Crippen molar-refractivity contribution in [1.82, 2.24) is 5.32 Å². The van der Waals surface area contributed by atoms with Crippen LogP contribution in [0.5, 0.6) is 0 Å².